The van der Waals surface area contributed by atoms with Crippen LogP contribution in [0.5, 0.6) is 5.75 Å². The molecule has 0 aromatic heterocycles. The largest absolute Gasteiger partial charge is 0.497 e. The summed E-state index contributed by atoms with van der Waals surface area (Å²) in [6.07, 6.45) is 0.571. The van der Waals surface area contributed by atoms with Crippen molar-refractivity contribution < 1.29 is 19.4 Å². The van der Waals surface area contributed by atoms with Gasteiger partial charge in [-0.05, 0) is 38.0 Å². The van der Waals surface area contributed by atoms with Crippen LogP contribution in [0.2, 0.25) is 0 Å². The SMILES string of the molecule is COc1ccc(C2(CC(C)(C)C(=O)O)COC2)cc1. The zero-order valence-electron chi connectivity index (χ0n) is 11.6. The molecule has 19 heavy (non-hydrogen) atoms. The van der Waals surface area contributed by atoms with Crippen molar-refractivity contribution in [3.05, 3.63) is 29.8 Å². The lowest BCUT2D eigenvalue weighted by molar-refractivity contribution is -0.152. The van der Waals surface area contributed by atoms with Crippen molar-refractivity contribution in [2.45, 2.75) is 25.7 Å². The first kappa shape index (κ1) is 13.9. The number of ether oxygens (including phenoxy) is 2. The average Bonchev–Trinajstić information content (AvgIpc) is 2.34. The Bertz CT molecular complexity index is 458. The van der Waals surface area contributed by atoms with Gasteiger partial charge in [0.25, 0.3) is 0 Å². The fourth-order valence-corrected chi connectivity index (χ4v) is 2.59. The summed E-state index contributed by atoms with van der Waals surface area (Å²) in [5, 5.41) is 9.29. The predicted octanol–water partition coefficient (Wildman–Crippen LogP) is 2.46. The van der Waals surface area contributed by atoms with Gasteiger partial charge in [-0.15, -0.1) is 0 Å². The van der Waals surface area contributed by atoms with Crippen molar-refractivity contribution in [2.75, 3.05) is 20.3 Å². The van der Waals surface area contributed by atoms with Crippen LogP contribution in [0.3, 0.4) is 0 Å². The zero-order valence-corrected chi connectivity index (χ0v) is 11.6. The number of carboxylic acid groups (broad SMARTS) is 1. The molecule has 0 atom stereocenters. The van der Waals surface area contributed by atoms with E-state index in [1.807, 2.05) is 24.3 Å². The van der Waals surface area contributed by atoms with Gasteiger partial charge in [-0.1, -0.05) is 12.1 Å². The second kappa shape index (κ2) is 4.85. The highest BCUT2D eigenvalue weighted by atomic mass is 16.5. The molecule has 1 N–H and O–H groups in total. The van der Waals surface area contributed by atoms with Gasteiger partial charge < -0.3 is 14.6 Å². The van der Waals surface area contributed by atoms with E-state index < -0.39 is 11.4 Å². The first-order valence-corrected chi connectivity index (χ1v) is 6.35. The second-order valence-electron chi connectivity index (χ2n) is 5.87. The normalized spacial score (nSPS) is 17.6. The number of carbonyl (C=O) groups is 1. The van der Waals surface area contributed by atoms with Crippen LogP contribution >= 0.6 is 0 Å². The van der Waals surface area contributed by atoms with Gasteiger partial charge in [-0.25, -0.2) is 0 Å². The standard InChI is InChI=1S/C15H20O4/c1-14(2,13(16)17)8-15(9-19-10-15)11-4-6-12(18-3)7-5-11/h4-7H,8-10H2,1-3H3,(H,16,17). The minimum Gasteiger partial charge on any atom is -0.497 e. The number of methoxy groups -OCH3 is 1. The fourth-order valence-electron chi connectivity index (χ4n) is 2.59. The summed E-state index contributed by atoms with van der Waals surface area (Å²) in [6.45, 7) is 4.68. The van der Waals surface area contributed by atoms with Crippen LogP contribution in [-0.2, 0) is 14.9 Å². The Morgan fingerprint density at radius 1 is 1.37 bits per heavy atom. The van der Waals surface area contributed by atoms with E-state index in [0.29, 0.717) is 19.6 Å². The first-order valence-electron chi connectivity index (χ1n) is 6.35. The van der Waals surface area contributed by atoms with E-state index in [1.54, 1.807) is 21.0 Å². The van der Waals surface area contributed by atoms with Crippen LogP contribution in [0, 0.1) is 5.41 Å². The summed E-state index contributed by atoms with van der Waals surface area (Å²) in [5.74, 6) is 0.0314. The van der Waals surface area contributed by atoms with Crippen molar-refractivity contribution in [1.82, 2.24) is 0 Å². The number of hydrogen-bond donors (Lipinski definition) is 1. The van der Waals surface area contributed by atoms with Crippen LogP contribution < -0.4 is 4.74 Å². The van der Waals surface area contributed by atoms with Gasteiger partial charge in [0.1, 0.15) is 5.75 Å². The van der Waals surface area contributed by atoms with E-state index >= 15 is 0 Å². The molecule has 1 aliphatic heterocycles. The smallest absolute Gasteiger partial charge is 0.309 e. The highest BCUT2D eigenvalue weighted by Gasteiger charge is 2.46. The minimum atomic E-state index is -0.771. The molecular formula is C15H20O4. The summed E-state index contributed by atoms with van der Waals surface area (Å²) < 4.78 is 10.5. The van der Waals surface area contributed by atoms with Crippen molar-refractivity contribution in [3.8, 4) is 5.75 Å². The Hall–Kier alpha value is -1.55. The molecule has 4 nitrogen and oxygen atoms in total. The topological polar surface area (TPSA) is 55.8 Å². The molecule has 0 bridgehead atoms. The van der Waals surface area contributed by atoms with E-state index in [1.165, 1.54) is 0 Å². The molecule has 0 radical (unpaired) electrons. The van der Waals surface area contributed by atoms with E-state index in [9.17, 15) is 9.90 Å². The Balaban J connectivity index is 2.24. The van der Waals surface area contributed by atoms with Crippen molar-refractivity contribution in [2.24, 2.45) is 5.41 Å². The molecule has 0 spiro atoms. The summed E-state index contributed by atoms with van der Waals surface area (Å²) in [6, 6.07) is 7.81. The minimum absolute atomic E-state index is 0.186. The Kier molecular flexibility index (Phi) is 3.54. The lowest BCUT2D eigenvalue weighted by atomic mass is 9.67. The predicted molar refractivity (Wildman–Crippen MR) is 71.5 cm³/mol. The average molecular weight is 264 g/mol. The molecule has 0 saturated carbocycles. The van der Waals surface area contributed by atoms with E-state index in [-0.39, 0.29) is 5.41 Å². The molecule has 1 heterocycles. The molecule has 2 rings (SSSR count). The van der Waals surface area contributed by atoms with Crippen molar-refractivity contribution in [1.29, 1.82) is 0 Å². The first-order chi connectivity index (χ1) is 8.89. The van der Waals surface area contributed by atoms with E-state index in [2.05, 4.69) is 0 Å². The number of rotatable bonds is 5. The number of aliphatic carboxylic acids is 1. The number of hydrogen-bond acceptors (Lipinski definition) is 3. The zero-order chi connectivity index (χ0) is 14.1. The molecule has 0 amide bonds. The third kappa shape index (κ3) is 2.59. The molecule has 1 aromatic carbocycles. The van der Waals surface area contributed by atoms with Gasteiger partial charge >= 0.3 is 5.97 Å². The lowest BCUT2D eigenvalue weighted by Gasteiger charge is -2.45. The van der Waals surface area contributed by atoms with Crippen molar-refractivity contribution in [3.63, 3.8) is 0 Å². The van der Waals surface area contributed by atoms with Gasteiger partial charge in [0.15, 0.2) is 0 Å². The summed E-state index contributed by atoms with van der Waals surface area (Å²) in [7, 11) is 1.63. The third-order valence-corrected chi connectivity index (χ3v) is 3.82. The Labute approximate surface area is 113 Å². The summed E-state index contributed by atoms with van der Waals surface area (Å²) in [5.41, 5.74) is 0.173. The maximum atomic E-state index is 11.3. The molecule has 1 saturated heterocycles. The third-order valence-electron chi connectivity index (χ3n) is 3.82. The second-order valence-corrected chi connectivity index (χ2v) is 5.87. The van der Waals surface area contributed by atoms with Crippen LogP contribution in [-0.4, -0.2) is 31.4 Å². The van der Waals surface area contributed by atoms with Gasteiger partial charge in [0, 0.05) is 5.41 Å². The highest BCUT2D eigenvalue weighted by Crippen LogP contribution is 2.42. The fraction of sp³-hybridized carbons (Fsp3) is 0.533. The van der Waals surface area contributed by atoms with Gasteiger partial charge in [0.05, 0.1) is 25.7 Å². The van der Waals surface area contributed by atoms with Crippen molar-refractivity contribution >= 4 is 5.97 Å². The number of carboxylic acids is 1. The molecule has 4 heteroatoms. The number of benzene rings is 1. The lowest BCUT2D eigenvalue weighted by Crippen LogP contribution is -2.50. The van der Waals surface area contributed by atoms with Crippen LogP contribution in [0.15, 0.2) is 24.3 Å². The summed E-state index contributed by atoms with van der Waals surface area (Å²) in [4.78, 5) is 11.3. The molecule has 0 aliphatic carbocycles. The molecule has 104 valence electrons. The van der Waals surface area contributed by atoms with Gasteiger partial charge in [-0.3, -0.25) is 4.79 Å². The maximum absolute atomic E-state index is 11.3. The van der Waals surface area contributed by atoms with Crippen LogP contribution in [0.25, 0.3) is 0 Å². The van der Waals surface area contributed by atoms with Crippen LogP contribution in [0.4, 0.5) is 0 Å². The molecule has 1 aliphatic rings. The maximum Gasteiger partial charge on any atom is 0.309 e. The molecular weight excluding hydrogens is 244 g/mol. The quantitative estimate of drug-likeness (QED) is 0.887. The van der Waals surface area contributed by atoms with Crippen LogP contribution in [0.1, 0.15) is 25.8 Å². The molecule has 0 unspecified atom stereocenters. The van der Waals surface area contributed by atoms with E-state index in [4.69, 9.17) is 9.47 Å². The van der Waals surface area contributed by atoms with E-state index in [0.717, 1.165) is 11.3 Å². The molecule has 1 aromatic rings. The summed E-state index contributed by atoms with van der Waals surface area (Å²) >= 11 is 0. The van der Waals surface area contributed by atoms with Gasteiger partial charge in [0.2, 0.25) is 0 Å². The Morgan fingerprint density at radius 3 is 2.32 bits per heavy atom. The van der Waals surface area contributed by atoms with Gasteiger partial charge in [-0.2, -0.15) is 0 Å². The molecule has 1 fully saturated rings. The Morgan fingerprint density at radius 2 is 1.95 bits per heavy atom. The highest BCUT2D eigenvalue weighted by molar-refractivity contribution is 5.73. The monoisotopic (exact) mass is 264 g/mol.